The maximum atomic E-state index is 12.1. The Morgan fingerprint density at radius 2 is 2.00 bits per heavy atom. The lowest BCUT2D eigenvalue weighted by atomic mass is 10.0. The van der Waals surface area contributed by atoms with E-state index in [0.29, 0.717) is 21.5 Å². The molecule has 2 atom stereocenters. The van der Waals surface area contributed by atoms with Crippen molar-refractivity contribution in [1.82, 2.24) is 5.32 Å². The van der Waals surface area contributed by atoms with Crippen molar-refractivity contribution in [2.75, 3.05) is 0 Å². The SMILES string of the molecule is CC(CCCC(C)C(=O)O)NC(=O)c1cccc(Br)c1Cl. The predicted molar refractivity (Wildman–Crippen MR) is 86.7 cm³/mol. The van der Waals surface area contributed by atoms with Gasteiger partial charge in [-0.15, -0.1) is 0 Å². The number of halogens is 2. The van der Waals surface area contributed by atoms with Crippen LogP contribution in [0.15, 0.2) is 22.7 Å². The van der Waals surface area contributed by atoms with Gasteiger partial charge in [0.2, 0.25) is 0 Å². The van der Waals surface area contributed by atoms with Gasteiger partial charge in [0.15, 0.2) is 0 Å². The molecule has 2 N–H and O–H groups in total. The second-order valence-electron chi connectivity index (χ2n) is 5.15. The molecule has 1 aromatic carbocycles. The minimum Gasteiger partial charge on any atom is -0.481 e. The van der Waals surface area contributed by atoms with Gasteiger partial charge in [-0.25, -0.2) is 0 Å². The van der Waals surface area contributed by atoms with Gasteiger partial charge in [0.25, 0.3) is 5.91 Å². The first-order valence-electron chi connectivity index (χ1n) is 6.80. The van der Waals surface area contributed by atoms with Gasteiger partial charge >= 0.3 is 5.97 Å². The van der Waals surface area contributed by atoms with Crippen LogP contribution in [0.25, 0.3) is 0 Å². The van der Waals surface area contributed by atoms with Crippen LogP contribution in [0.5, 0.6) is 0 Å². The lowest BCUT2D eigenvalue weighted by Gasteiger charge is -2.15. The van der Waals surface area contributed by atoms with Crippen molar-refractivity contribution in [3.05, 3.63) is 33.3 Å². The average Bonchev–Trinajstić information content (AvgIpc) is 2.41. The summed E-state index contributed by atoms with van der Waals surface area (Å²) in [5.41, 5.74) is 0.428. The molecule has 4 nitrogen and oxygen atoms in total. The van der Waals surface area contributed by atoms with Crippen LogP contribution in [-0.4, -0.2) is 23.0 Å². The maximum Gasteiger partial charge on any atom is 0.306 e. The van der Waals surface area contributed by atoms with Gasteiger partial charge in [-0.05, 0) is 47.8 Å². The summed E-state index contributed by atoms with van der Waals surface area (Å²) in [6.45, 7) is 3.59. The van der Waals surface area contributed by atoms with Gasteiger partial charge < -0.3 is 10.4 Å². The second-order valence-corrected chi connectivity index (χ2v) is 6.38. The van der Waals surface area contributed by atoms with E-state index in [1.807, 2.05) is 6.92 Å². The summed E-state index contributed by atoms with van der Waals surface area (Å²) in [5.74, 6) is -1.36. The Bertz CT molecular complexity index is 522. The molecule has 0 spiro atoms. The molecule has 0 radical (unpaired) electrons. The van der Waals surface area contributed by atoms with Crippen LogP contribution in [0.1, 0.15) is 43.5 Å². The molecule has 1 amide bonds. The van der Waals surface area contributed by atoms with Crippen LogP contribution in [0, 0.1) is 5.92 Å². The number of carbonyl (C=O) groups excluding carboxylic acids is 1. The summed E-state index contributed by atoms with van der Waals surface area (Å²) in [6.07, 6.45) is 2.09. The van der Waals surface area contributed by atoms with E-state index < -0.39 is 5.97 Å². The molecule has 21 heavy (non-hydrogen) atoms. The fourth-order valence-corrected chi connectivity index (χ4v) is 2.48. The molecular formula is C15H19BrClNO3. The summed E-state index contributed by atoms with van der Waals surface area (Å²) in [6, 6.07) is 5.16. The summed E-state index contributed by atoms with van der Waals surface area (Å²) in [5, 5.41) is 12.1. The van der Waals surface area contributed by atoms with Crippen LogP contribution >= 0.6 is 27.5 Å². The summed E-state index contributed by atoms with van der Waals surface area (Å²) in [4.78, 5) is 22.8. The van der Waals surface area contributed by atoms with Gasteiger partial charge in [0.1, 0.15) is 0 Å². The largest absolute Gasteiger partial charge is 0.481 e. The number of benzene rings is 1. The maximum absolute atomic E-state index is 12.1. The molecule has 0 saturated heterocycles. The Morgan fingerprint density at radius 3 is 2.62 bits per heavy atom. The van der Waals surface area contributed by atoms with Crippen LogP contribution in [0.2, 0.25) is 5.02 Å². The first kappa shape index (κ1) is 18.0. The molecule has 116 valence electrons. The lowest BCUT2D eigenvalue weighted by molar-refractivity contribution is -0.141. The number of carboxylic acid groups (broad SMARTS) is 1. The van der Waals surface area contributed by atoms with Gasteiger partial charge in [-0.1, -0.05) is 31.0 Å². The molecule has 2 unspecified atom stereocenters. The molecule has 1 aromatic rings. The van der Waals surface area contributed by atoms with Crippen LogP contribution < -0.4 is 5.32 Å². The van der Waals surface area contributed by atoms with Crippen molar-refractivity contribution in [3.8, 4) is 0 Å². The highest BCUT2D eigenvalue weighted by Crippen LogP contribution is 2.26. The quantitative estimate of drug-likeness (QED) is 0.752. The molecule has 0 aliphatic heterocycles. The summed E-state index contributed by atoms with van der Waals surface area (Å²) < 4.78 is 0.680. The Labute approximate surface area is 138 Å². The summed E-state index contributed by atoms with van der Waals surface area (Å²) in [7, 11) is 0. The minimum atomic E-state index is -0.785. The van der Waals surface area contributed by atoms with Gasteiger partial charge in [-0.2, -0.15) is 0 Å². The standard InChI is InChI=1S/C15H19BrClNO3/c1-9(15(20)21)5-3-6-10(2)18-14(19)11-7-4-8-12(16)13(11)17/h4,7-10H,3,5-6H2,1-2H3,(H,18,19)(H,20,21). The number of aliphatic carboxylic acids is 1. The number of carboxylic acids is 1. The number of hydrogen-bond acceptors (Lipinski definition) is 2. The average molecular weight is 377 g/mol. The second kappa shape index (κ2) is 8.39. The normalized spacial score (nSPS) is 13.5. The van der Waals surface area contributed by atoms with E-state index >= 15 is 0 Å². The monoisotopic (exact) mass is 375 g/mol. The van der Waals surface area contributed by atoms with Crippen molar-refractivity contribution < 1.29 is 14.7 Å². The molecule has 0 aliphatic rings. The van der Waals surface area contributed by atoms with E-state index in [9.17, 15) is 9.59 Å². The smallest absolute Gasteiger partial charge is 0.306 e. The van der Waals surface area contributed by atoms with E-state index in [1.165, 1.54) is 0 Å². The minimum absolute atomic E-state index is 0.0338. The Kier molecular flexibility index (Phi) is 7.18. The molecule has 6 heteroatoms. The third kappa shape index (κ3) is 5.67. The first-order valence-corrected chi connectivity index (χ1v) is 7.97. The molecule has 0 bridgehead atoms. The molecule has 0 fully saturated rings. The molecule has 0 aliphatic carbocycles. The fraction of sp³-hybridized carbons (Fsp3) is 0.467. The third-order valence-electron chi connectivity index (χ3n) is 3.27. The number of nitrogens with one attached hydrogen (secondary N) is 1. The Morgan fingerprint density at radius 1 is 1.33 bits per heavy atom. The van der Waals surface area contributed by atoms with E-state index in [-0.39, 0.29) is 17.9 Å². The summed E-state index contributed by atoms with van der Waals surface area (Å²) >= 11 is 9.36. The van der Waals surface area contributed by atoms with Crippen molar-refractivity contribution in [2.45, 2.75) is 39.2 Å². The van der Waals surface area contributed by atoms with Crippen molar-refractivity contribution in [2.24, 2.45) is 5.92 Å². The zero-order chi connectivity index (χ0) is 16.0. The molecule has 0 saturated carbocycles. The van der Waals surface area contributed by atoms with Gasteiger partial charge in [0.05, 0.1) is 16.5 Å². The lowest BCUT2D eigenvalue weighted by Crippen LogP contribution is -2.32. The van der Waals surface area contributed by atoms with Crippen molar-refractivity contribution in [1.29, 1.82) is 0 Å². The highest BCUT2D eigenvalue weighted by atomic mass is 79.9. The number of amides is 1. The van der Waals surface area contributed by atoms with Crippen LogP contribution in [-0.2, 0) is 4.79 Å². The molecule has 1 rings (SSSR count). The predicted octanol–water partition coefficient (Wildman–Crippen LogP) is 4.11. The number of carbonyl (C=O) groups is 2. The first-order chi connectivity index (χ1) is 9.82. The third-order valence-corrected chi connectivity index (χ3v) is 4.57. The molecule has 0 aromatic heterocycles. The van der Waals surface area contributed by atoms with Crippen molar-refractivity contribution >= 4 is 39.4 Å². The topological polar surface area (TPSA) is 66.4 Å². The highest BCUT2D eigenvalue weighted by Gasteiger charge is 2.15. The van der Waals surface area contributed by atoms with Crippen LogP contribution in [0.3, 0.4) is 0 Å². The number of rotatable bonds is 7. The van der Waals surface area contributed by atoms with E-state index in [2.05, 4.69) is 21.2 Å². The molecular weight excluding hydrogens is 358 g/mol. The Balaban J connectivity index is 2.47. The Hall–Kier alpha value is -1.07. The van der Waals surface area contributed by atoms with E-state index in [0.717, 1.165) is 12.8 Å². The highest BCUT2D eigenvalue weighted by molar-refractivity contribution is 9.10. The van der Waals surface area contributed by atoms with E-state index in [1.54, 1.807) is 25.1 Å². The zero-order valence-corrected chi connectivity index (χ0v) is 14.4. The molecule has 0 heterocycles. The van der Waals surface area contributed by atoms with Crippen LogP contribution in [0.4, 0.5) is 0 Å². The van der Waals surface area contributed by atoms with Gasteiger partial charge in [0, 0.05) is 10.5 Å². The fourth-order valence-electron chi connectivity index (χ4n) is 1.91. The van der Waals surface area contributed by atoms with E-state index in [4.69, 9.17) is 16.7 Å². The zero-order valence-electron chi connectivity index (χ0n) is 12.0. The number of hydrogen-bond donors (Lipinski definition) is 2. The van der Waals surface area contributed by atoms with Gasteiger partial charge in [-0.3, -0.25) is 9.59 Å². The van der Waals surface area contributed by atoms with Crippen molar-refractivity contribution in [3.63, 3.8) is 0 Å².